The van der Waals surface area contributed by atoms with Crippen molar-refractivity contribution in [2.75, 3.05) is 0 Å². The summed E-state index contributed by atoms with van der Waals surface area (Å²) in [6.07, 6.45) is 0.0131. The minimum absolute atomic E-state index is 0.0131. The zero-order valence-electron chi connectivity index (χ0n) is 10.3. The summed E-state index contributed by atoms with van der Waals surface area (Å²) >= 11 is 3.22. The molecule has 1 unspecified atom stereocenters. The summed E-state index contributed by atoms with van der Waals surface area (Å²) in [6.45, 7) is 0. The molecule has 0 spiro atoms. The highest BCUT2D eigenvalue weighted by Gasteiger charge is 2.18. The Bertz CT molecular complexity index is 599. The monoisotopic (exact) mass is 344 g/mol. The second-order valence-corrected chi connectivity index (χ2v) is 5.14. The van der Waals surface area contributed by atoms with E-state index in [1.807, 2.05) is 0 Å². The molecule has 0 fully saturated rings. The van der Waals surface area contributed by atoms with Crippen LogP contribution in [-0.2, 0) is 6.42 Å². The van der Waals surface area contributed by atoms with Crippen LogP contribution in [0.2, 0.25) is 0 Å². The molecule has 2 aromatic carbocycles. The normalized spacial score (nSPS) is 12.4. The van der Waals surface area contributed by atoms with Crippen LogP contribution in [0.4, 0.5) is 13.2 Å². The Labute approximate surface area is 122 Å². The van der Waals surface area contributed by atoms with E-state index in [1.165, 1.54) is 36.4 Å². The van der Waals surface area contributed by atoms with Gasteiger partial charge >= 0.3 is 0 Å². The van der Waals surface area contributed by atoms with Crippen LogP contribution in [0.3, 0.4) is 0 Å². The van der Waals surface area contributed by atoms with Crippen molar-refractivity contribution >= 4 is 15.9 Å². The number of nitrogens with two attached hydrogens (primary N) is 1. The minimum atomic E-state index is -0.636. The van der Waals surface area contributed by atoms with Gasteiger partial charge in [0.2, 0.25) is 0 Å². The molecule has 6 heteroatoms. The molecular formula is C14H12BrF3N2. The maximum atomic E-state index is 13.6. The molecule has 2 rings (SSSR count). The van der Waals surface area contributed by atoms with Gasteiger partial charge in [-0.05, 0) is 36.2 Å². The molecule has 1 atom stereocenters. The molecule has 0 aliphatic rings. The van der Waals surface area contributed by atoms with Crippen LogP contribution in [0.15, 0.2) is 40.9 Å². The van der Waals surface area contributed by atoms with E-state index in [9.17, 15) is 13.2 Å². The fourth-order valence-corrected chi connectivity index (χ4v) is 2.60. The third kappa shape index (κ3) is 3.20. The molecule has 0 aromatic heterocycles. The van der Waals surface area contributed by atoms with Crippen molar-refractivity contribution < 1.29 is 13.2 Å². The van der Waals surface area contributed by atoms with Gasteiger partial charge in [-0.2, -0.15) is 0 Å². The average molecular weight is 345 g/mol. The highest BCUT2D eigenvalue weighted by atomic mass is 79.9. The lowest BCUT2D eigenvalue weighted by atomic mass is 9.98. The summed E-state index contributed by atoms with van der Waals surface area (Å²) in [6, 6.07) is 7.18. The topological polar surface area (TPSA) is 38.0 Å². The minimum Gasteiger partial charge on any atom is -0.271 e. The standard InChI is InChI=1S/C14H12BrF3N2/c15-11-6-8(16)4-5-9(11)14(20-19)7-10-12(17)2-1-3-13(10)18/h1-6,14,20H,7,19H2. The van der Waals surface area contributed by atoms with Crippen molar-refractivity contribution in [3.8, 4) is 0 Å². The molecule has 0 aliphatic heterocycles. The van der Waals surface area contributed by atoms with Gasteiger partial charge in [0.25, 0.3) is 0 Å². The van der Waals surface area contributed by atoms with Gasteiger partial charge in [-0.15, -0.1) is 0 Å². The summed E-state index contributed by atoms with van der Waals surface area (Å²) in [5, 5.41) is 0. The molecule has 0 heterocycles. The van der Waals surface area contributed by atoms with E-state index in [0.717, 1.165) is 0 Å². The second-order valence-electron chi connectivity index (χ2n) is 4.29. The highest BCUT2D eigenvalue weighted by Crippen LogP contribution is 2.28. The Morgan fingerprint density at radius 3 is 2.30 bits per heavy atom. The molecule has 0 saturated heterocycles. The molecule has 0 amide bonds. The Balaban J connectivity index is 2.34. The Kier molecular flexibility index (Phi) is 4.80. The van der Waals surface area contributed by atoms with Crippen molar-refractivity contribution in [2.24, 2.45) is 5.84 Å². The predicted octanol–water partition coefficient (Wildman–Crippen LogP) is 3.61. The number of hydrazine groups is 1. The Morgan fingerprint density at radius 1 is 1.10 bits per heavy atom. The molecule has 0 radical (unpaired) electrons. The van der Waals surface area contributed by atoms with Crippen molar-refractivity contribution in [3.63, 3.8) is 0 Å². The zero-order valence-corrected chi connectivity index (χ0v) is 11.9. The predicted molar refractivity (Wildman–Crippen MR) is 74.2 cm³/mol. The van der Waals surface area contributed by atoms with Gasteiger partial charge in [-0.25, -0.2) is 13.2 Å². The third-order valence-corrected chi connectivity index (χ3v) is 3.70. The fraction of sp³-hybridized carbons (Fsp3) is 0.143. The van der Waals surface area contributed by atoms with E-state index in [4.69, 9.17) is 5.84 Å². The first-order chi connectivity index (χ1) is 9.52. The Morgan fingerprint density at radius 2 is 1.75 bits per heavy atom. The number of rotatable bonds is 4. The van der Waals surface area contributed by atoms with Crippen LogP contribution >= 0.6 is 15.9 Å². The van der Waals surface area contributed by atoms with E-state index in [1.54, 1.807) is 0 Å². The van der Waals surface area contributed by atoms with Crippen molar-refractivity contribution in [1.29, 1.82) is 0 Å². The zero-order chi connectivity index (χ0) is 14.7. The summed E-state index contributed by atoms with van der Waals surface area (Å²) in [4.78, 5) is 0. The number of hydrogen-bond acceptors (Lipinski definition) is 2. The van der Waals surface area contributed by atoms with Crippen molar-refractivity contribution in [1.82, 2.24) is 5.43 Å². The summed E-state index contributed by atoms with van der Waals surface area (Å²) in [5.41, 5.74) is 3.05. The first-order valence-corrected chi connectivity index (χ1v) is 6.66. The largest absolute Gasteiger partial charge is 0.271 e. The van der Waals surface area contributed by atoms with Gasteiger partial charge in [-0.1, -0.05) is 28.1 Å². The molecule has 3 N–H and O–H groups in total. The van der Waals surface area contributed by atoms with Gasteiger partial charge in [-0.3, -0.25) is 11.3 Å². The van der Waals surface area contributed by atoms with Crippen LogP contribution in [-0.4, -0.2) is 0 Å². The summed E-state index contributed by atoms with van der Waals surface area (Å²) < 4.78 is 40.8. The quantitative estimate of drug-likeness (QED) is 0.656. The molecule has 106 valence electrons. The van der Waals surface area contributed by atoms with Crippen LogP contribution in [0.25, 0.3) is 0 Å². The molecule has 2 aromatic rings. The van der Waals surface area contributed by atoms with Crippen LogP contribution in [0.1, 0.15) is 17.2 Å². The SMILES string of the molecule is NNC(Cc1c(F)cccc1F)c1ccc(F)cc1Br. The molecule has 0 saturated carbocycles. The lowest BCUT2D eigenvalue weighted by Crippen LogP contribution is -2.30. The number of benzene rings is 2. The fourth-order valence-electron chi connectivity index (χ4n) is 1.97. The lowest BCUT2D eigenvalue weighted by molar-refractivity contribution is 0.498. The maximum absolute atomic E-state index is 13.6. The molecule has 2 nitrogen and oxygen atoms in total. The van der Waals surface area contributed by atoms with Crippen molar-refractivity contribution in [3.05, 3.63) is 69.4 Å². The van der Waals surface area contributed by atoms with Crippen LogP contribution in [0, 0.1) is 17.5 Å². The third-order valence-electron chi connectivity index (χ3n) is 3.01. The smallest absolute Gasteiger partial charge is 0.129 e. The number of nitrogens with one attached hydrogen (secondary N) is 1. The molecule has 0 bridgehead atoms. The molecule has 0 aliphatic carbocycles. The maximum Gasteiger partial charge on any atom is 0.129 e. The lowest BCUT2D eigenvalue weighted by Gasteiger charge is -2.18. The van der Waals surface area contributed by atoms with E-state index in [2.05, 4.69) is 21.4 Å². The van der Waals surface area contributed by atoms with E-state index in [-0.39, 0.29) is 12.0 Å². The van der Waals surface area contributed by atoms with Gasteiger partial charge in [0, 0.05) is 10.0 Å². The second kappa shape index (κ2) is 6.39. The number of halogens is 4. The molecule has 20 heavy (non-hydrogen) atoms. The first-order valence-electron chi connectivity index (χ1n) is 5.87. The van der Waals surface area contributed by atoms with Gasteiger partial charge < -0.3 is 0 Å². The first kappa shape index (κ1) is 15.0. The van der Waals surface area contributed by atoms with E-state index >= 15 is 0 Å². The van der Waals surface area contributed by atoms with E-state index in [0.29, 0.717) is 10.0 Å². The summed E-state index contributed by atoms with van der Waals surface area (Å²) in [7, 11) is 0. The Hall–Kier alpha value is -1.37. The van der Waals surface area contributed by atoms with Crippen molar-refractivity contribution in [2.45, 2.75) is 12.5 Å². The van der Waals surface area contributed by atoms with Gasteiger partial charge in [0.05, 0.1) is 6.04 Å². The van der Waals surface area contributed by atoms with Crippen LogP contribution in [0.5, 0.6) is 0 Å². The number of hydrogen-bond donors (Lipinski definition) is 2. The highest BCUT2D eigenvalue weighted by molar-refractivity contribution is 9.10. The van der Waals surface area contributed by atoms with Gasteiger partial charge in [0.15, 0.2) is 0 Å². The van der Waals surface area contributed by atoms with Gasteiger partial charge in [0.1, 0.15) is 17.5 Å². The summed E-state index contributed by atoms with van der Waals surface area (Å²) in [5.74, 6) is 3.77. The average Bonchev–Trinajstić information content (AvgIpc) is 2.40. The van der Waals surface area contributed by atoms with E-state index < -0.39 is 23.5 Å². The molecular weight excluding hydrogens is 333 g/mol. The van der Waals surface area contributed by atoms with Crippen LogP contribution < -0.4 is 11.3 Å².